The van der Waals surface area contributed by atoms with Crippen molar-refractivity contribution >= 4 is 33.5 Å². The predicted molar refractivity (Wildman–Crippen MR) is 66.1 cm³/mol. The summed E-state index contributed by atoms with van der Waals surface area (Å²) in [4.78, 5) is 11.2. The van der Waals surface area contributed by atoms with Crippen molar-refractivity contribution in [2.24, 2.45) is 0 Å². The van der Waals surface area contributed by atoms with Crippen LogP contribution in [0, 0.1) is 0 Å². The van der Waals surface area contributed by atoms with Crippen LogP contribution in [0.3, 0.4) is 0 Å². The highest BCUT2D eigenvalue weighted by Gasteiger charge is 2.36. The fourth-order valence-electron chi connectivity index (χ4n) is 1.42. The molecule has 0 saturated carbocycles. The van der Waals surface area contributed by atoms with E-state index in [2.05, 4.69) is 15.9 Å². The second-order valence-electron chi connectivity index (χ2n) is 3.62. The number of rotatable bonds is 4. The van der Waals surface area contributed by atoms with Gasteiger partial charge in [-0.2, -0.15) is 26.3 Å². The van der Waals surface area contributed by atoms with E-state index in [9.17, 15) is 31.1 Å². The Morgan fingerprint density at radius 2 is 1.75 bits per heavy atom. The highest BCUT2D eigenvalue weighted by molar-refractivity contribution is 9.09. The number of Topliss-reactive ketones (excluding diaryl/α,β-unsaturated/α-hetero) is 1. The number of carbonyl (C=O) groups is 1. The lowest BCUT2D eigenvalue weighted by Crippen LogP contribution is -2.14. The maximum absolute atomic E-state index is 12.7. The molecular formula is C11H7BrF6OS. The van der Waals surface area contributed by atoms with Crippen LogP contribution in [0.15, 0.2) is 23.1 Å². The molecule has 0 bridgehead atoms. The van der Waals surface area contributed by atoms with Gasteiger partial charge in [0.15, 0.2) is 5.78 Å². The van der Waals surface area contributed by atoms with Gasteiger partial charge in [0.2, 0.25) is 0 Å². The van der Waals surface area contributed by atoms with Crippen LogP contribution in [0.2, 0.25) is 0 Å². The molecule has 0 aromatic heterocycles. The number of thioether (sulfide) groups is 1. The minimum atomic E-state index is -4.79. The normalized spacial score (nSPS) is 12.6. The van der Waals surface area contributed by atoms with Crippen molar-refractivity contribution in [3.05, 3.63) is 29.3 Å². The van der Waals surface area contributed by atoms with E-state index in [0.717, 1.165) is 0 Å². The molecule has 112 valence electrons. The zero-order valence-corrected chi connectivity index (χ0v) is 12.0. The number of carbonyl (C=O) groups excluding carboxylic acids is 1. The average molecular weight is 381 g/mol. The summed E-state index contributed by atoms with van der Waals surface area (Å²) in [5, 5.41) is 0.125. The van der Waals surface area contributed by atoms with Gasteiger partial charge < -0.3 is 0 Å². The van der Waals surface area contributed by atoms with Gasteiger partial charge in [0, 0.05) is 22.2 Å². The number of hydrogen-bond donors (Lipinski definition) is 0. The Morgan fingerprint density at radius 1 is 1.15 bits per heavy atom. The first-order chi connectivity index (χ1) is 9.04. The Bertz CT molecular complexity index is 497. The van der Waals surface area contributed by atoms with Crippen molar-refractivity contribution in [1.82, 2.24) is 0 Å². The molecule has 0 aliphatic carbocycles. The van der Waals surface area contributed by atoms with Gasteiger partial charge in [0.05, 0.1) is 5.56 Å². The first-order valence-corrected chi connectivity index (χ1v) is 7.04. The maximum atomic E-state index is 12.7. The lowest BCUT2D eigenvalue weighted by Gasteiger charge is -2.14. The Kier molecular flexibility index (Phi) is 5.54. The third kappa shape index (κ3) is 5.01. The number of hydrogen-bond acceptors (Lipinski definition) is 2. The molecule has 0 unspecified atom stereocenters. The molecule has 0 fully saturated rings. The zero-order valence-electron chi connectivity index (χ0n) is 9.61. The summed E-state index contributed by atoms with van der Waals surface area (Å²) in [6.45, 7) is 0. The highest BCUT2D eigenvalue weighted by atomic mass is 79.9. The van der Waals surface area contributed by atoms with Gasteiger partial charge in [-0.25, -0.2) is 0 Å². The second-order valence-corrected chi connectivity index (χ2v) is 5.55. The van der Waals surface area contributed by atoms with Crippen LogP contribution in [0.5, 0.6) is 0 Å². The van der Waals surface area contributed by atoms with Crippen LogP contribution >= 0.6 is 27.7 Å². The smallest absolute Gasteiger partial charge is 0.294 e. The van der Waals surface area contributed by atoms with E-state index in [-0.39, 0.29) is 11.8 Å². The molecule has 0 atom stereocenters. The summed E-state index contributed by atoms with van der Waals surface area (Å²) in [7, 11) is 0. The van der Waals surface area contributed by atoms with Crippen molar-refractivity contribution < 1.29 is 31.1 Å². The first kappa shape index (κ1) is 17.4. The average Bonchev–Trinajstić information content (AvgIpc) is 2.25. The van der Waals surface area contributed by atoms with E-state index in [1.807, 2.05) is 0 Å². The molecular weight excluding hydrogens is 374 g/mol. The monoisotopic (exact) mass is 380 g/mol. The van der Waals surface area contributed by atoms with E-state index >= 15 is 0 Å². The van der Waals surface area contributed by atoms with Gasteiger partial charge in [-0.1, -0.05) is 15.9 Å². The molecule has 20 heavy (non-hydrogen) atoms. The van der Waals surface area contributed by atoms with Crippen molar-refractivity contribution in [1.29, 1.82) is 0 Å². The summed E-state index contributed by atoms with van der Waals surface area (Å²) in [6, 6.07) is 1.83. The van der Waals surface area contributed by atoms with E-state index < -0.39 is 45.3 Å². The standard InChI is InChI=1S/C11H7BrF6OS/c12-4-3-9(19)7-5-6(20-11(16,17)18)1-2-8(7)10(13,14)15/h1-2,5H,3-4H2. The molecule has 0 aliphatic heterocycles. The number of halogens is 7. The van der Waals surface area contributed by atoms with Crippen LogP contribution in [-0.4, -0.2) is 16.6 Å². The summed E-state index contributed by atoms with van der Waals surface area (Å²) < 4.78 is 74.8. The van der Waals surface area contributed by atoms with E-state index in [1.54, 1.807) is 0 Å². The van der Waals surface area contributed by atoms with Gasteiger partial charge in [-0.3, -0.25) is 4.79 Å². The van der Waals surface area contributed by atoms with Gasteiger partial charge in [-0.15, -0.1) is 0 Å². The van der Waals surface area contributed by atoms with Crippen molar-refractivity contribution in [3.8, 4) is 0 Å². The van der Waals surface area contributed by atoms with Crippen LogP contribution in [0.25, 0.3) is 0 Å². The molecule has 0 radical (unpaired) electrons. The second kappa shape index (κ2) is 6.38. The molecule has 1 aromatic rings. The maximum Gasteiger partial charge on any atom is 0.446 e. The molecule has 0 aliphatic rings. The van der Waals surface area contributed by atoms with Crippen LogP contribution in [0.1, 0.15) is 22.3 Å². The Labute approximate surface area is 122 Å². The van der Waals surface area contributed by atoms with Crippen LogP contribution < -0.4 is 0 Å². The van der Waals surface area contributed by atoms with E-state index in [1.165, 1.54) is 0 Å². The third-order valence-electron chi connectivity index (χ3n) is 2.15. The van der Waals surface area contributed by atoms with Crippen molar-refractivity contribution in [2.45, 2.75) is 23.0 Å². The minimum Gasteiger partial charge on any atom is -0.294 e. The molecule has 1 rings (SSSR count). The topological polar surface area (TPSA) is 17.1 Å². The van der Waals surface area contributed by atoms with Gasteiger partial charge in [0.1, 0.15) is 0 Å². The van der Waals surface area contributed by atoms with Gasteiger partial charge in [0.25, 0.3) is 0 Å². The molecule has 9 heteroatoms. The largest absolute Gasteiger partial charge is 0.446 e. The number of ketones is 1. The van der Waals surface area contributed by atoms with E-state index in [4.69, 9.17) is 0 Å². The quantitative estimate of drug-likeness (QED) is 0.305. The van der Waals surface area contributed by atoms with Crippen LogP contribution in [-0.2, 0) is 6.18 Å². The predicted octanol–water partition coefficient (Wildman–Crippen LogP) is 5.29. The Hall–Kier alpha value is -0.700. The number of benzene rings is 1. The summed E-state index contributed by atoms with van der Waals surface area (Å²) in [5.74, 6) is -0.862. The molecule has 0 saturated heterocycles. The first-order valence-electron chi connectivity index (χ1n) is 5.11. The minimum absolute atomic E-state index is 0.125. The molecule has 0 spiro atoms. The fourth-order valence-corrected chi connectivity index (χ4v) is 2.36. The third-order valence-corrected chi connectivity index (χ3v) is 3.27. The van der Waals surface area contributed by atoms with Crippen molar-refractivity contribution in [2.75, 3.05) is 5.33 Å². The summed E-state index contributed by atoms with van der Waals surface area (Å²) >= 11 is 2.34. The summed E-state index contributed by atoms with van der Waals surface area (Å²) in [5.41, 5.74) is -6.60. The Balaban J connectivity index is 3.25. The van der Waals surface area contributed by atoms with Crippen molar-refractivity contribution in [3.63, 3.8) is 0 Å². The molecule has 1 aromatic carbocycles. The highest BCUT2D eigenvalue weighted by Crippen LogP contribution is 2.40. The molecule has 0 amide bonds. The number of alkyl halides is 7. The molecule has 1 nitrogen and oxygen atoms in total. The SMILES string of the molecule is O=C(CCBr)c1cc(SC(F)(F)F)ccc1C(F)(F)F. The van der Waals surface area contributed by atoms with E-state index in [0.29, 0.717) is 18.2 Å². The van der Waals surface area contributed by atoms with Gasteiger partial charge >= 0.3 is 11.7 Å². The molecule has 0 heterocycles. The van der Waals surface area contributed by atoms with Crippen LogP contribution in [0.4, 0.5) is 26.3 Å². The lowest BCUT2D eigenvalue weighted by molar-refractivity contribution is -0.137. The Morgan fingerprint density at radius 3 is 2.20 bits per heavy atom. The lowest BCUT2D eigenvalue weighted by atomic mass is 10.0. The van der Waals surface area contributed by atoms with Gasteiger partial charge in [-0.05, 0) is 30.0 Å². The fraction of sp³-hybridized carbons (Fsp3) is 0.364. The summed E-state index contributed by atoms with van der Waals surface area (Å²) in [6.07, 6.45) is -5.03. The molecule has 0 N–H and O–H groups in total. The zero-order chi connectivity index (χ0) is 15.6.